The first kappa shape index (κ1) is 24.4. The van der Waals surface area contributed by atoms with E-state index in [-0.39, 0.29) is 30.2 Å². The molecule has 2 aromatic heterocycles. The Labute approximate surface area is 221 Å². The molecule has 0 saturated carbocycles. The van der Waals surface area contributed by atoms with Crippen LogP contribution in [-0.4, -0.2) is 74.6 Å². The molecule has 0 aliphatic carbocycles. The number of piperazine rings is 1. The standard InChI is InChI=1S/C29H30N6O3/c36-26-5-4-25(28(37)32-26)35-19-24-22(2-1-3-23(24)29(35)38)18-33-14-16-34(17-15-33)27(20-6-10-30-11-7-20)21-8-12-31-13-9-21/h1-3,6-13,25,27H,4-5,14-19H2,(H,32,36,37). The third kappa shape index (κ3) is 4.70. The third-order valence-electron chi connectivity index (χ3n) is 7.89. The number of rotatable bonds is 6. The van der Waals surface area contributed by atoms with Gasteiger partial charge in [-0.1, -0.05) is 12.1 Å². The molecule has 9 nitrogen and oxygen atoms in total. The molecule has 3 amide bonds. The van der Waals surface area contributed by atoms with Gasteiger partial charge in [0.2, 0.25) is 11.8 Å². The maximum absolute atomic E-state index is 13.2. The van der Waals surface area contributed by atoms with Crippen molar-refractivity contribution in [1.82, 2.24) is 30.0 Å². The second-order valence-electron chi connectivity index (χ2n) is 10.1. The Balaban J connectivity index is 1.15. The molecule has 2 saturated heterocycles. The van der Waals surface area contributed by atoms with Crippen LogP contribution >= 0.6 is 0 Å². The van der Waals surface area contributed by atoms with Crippen molar-refractivity contribution in [3.8, 4) is 0 Å². The Morgan fingerprint density at radius 3 is 2.16 bits per heavy atom. The lowest BCUT2D eigenvalue weighted by molar-refractivity contribution is -0.136. The van der Waals surface area contributed by atoms with Crippen LogP contribution in [0.5, 0.6) is 0 Å². The van der Waals surface area contributed by atoms with Crippen molar-refractivity contribution >= 4 is 17.7 Å². The number of hydrogen-bond acceptors (Lipinski definition) is 7. The fraction of sp³-hybridized carbons (Fsp3) is 0.345. The minimum absolute atomic E-state index is 0.126. The molecule has 5 heterocycles. The van der Waals surface area contributed by atoms with E-state index in [1.807, 2.05) is 36.9 Å². The summed E-state index contributed by atoms with van der Waals surface area (Å²) >= 11 is 0. The minimum atomic E-state index is -0.595. The van der Waals surface area contributed by atoms with Crippen molar-refractivity contribution in [2.45, 2.75) is 38.0 Å². The van der Waals surface area contributed by atoms with Crippen molar-refractivity contribution < 1.29 is 14.4 Å². The molecule has 3 aromatic rings. The van der Waals surface area contributed by atoms with Crippen LogP contribution < -0.4 is 5.32 Å². The van der Waals surface area contributed by atoms with E-state index in [9.17, 15) is 14.4 Å². The normalized spacial score (nSPS) is 20.6. The van der Waals surface area contributed by atoms with E-state index in [2.05, 4.69) is 55.4 Å². The number of nitrogens with zero attached hydrogens (tertiary/aromatic N) is 5. The number of piperidine rings is 1. The van der Waals surface area contributed by atoms with E-state index >= 15 is 0 Å². The molecule has 0 radical (unpaired) electrons. The topological polar surface area (TPSA) is 98.7 Å². The molecule has 1 unspecified atom stereocenters. The van der Waals surface area contributed by atoms with E-state index in [0.717, 1.165) is 43.9 Å². The number of carbonyl (C=O) groups excluding carboxylic acids is 3. The molecule has 3 aliphatic rings. The summed E-state index contributed by atoms with van der Waals surface area (Å²) in [5.74, 6) is -0.776. The molecule has 0 bridgehead atoms. The lowest BCUT2D eigenvalue weighted by atomic mass is 9.98. The summed E-state index contributed by atoms with van der Waals surface area (Å²) in [5.41, 5.74) is 5.22. The lowest BCUT2D eigenvalue weighted by Crippen LogP contribution is -2.52. The first-order valence-electron chi connectivity index (χ1n) is 13.1. The number of nitrogens with one attached hydrogen (secondary N) is 1. The van der Waals surface area contributed by atoms with E-state index in [1.54, 1.807) is 4.90 Å². The van der Waals surface area contributed by atoms with Gasteiger partial charge in [-0.05, 0) is 59.0 Å². The van der Waals surface area contributed by atoms with Gasteiger partial charge < -0.3 is 4.90 Å². The zero-order valence-corrected chi connectivity index (χ0v) is 21.1. The van der Waals surface area contributed by atoms with Crippen LogP contribution in [0.1, 0.15) is 51.5 Å². The molecule has 9 heteroatoms. The summed E-state index contributed by atoms with van der Waals surface area (Å²) in [5, 5.41) is 2.38. The number of hydrogen-bond donors (Lipinski definition) is 1. The number of benzene rings is 1. The van der Waals surface area contributed by atoms with Gasteiger partial charge in [-0.15, -0.1) is 0 Å². The molecule has 38 heavy (non-hydrogen) atoms. The van der Waals surface area contributed by atoms with Crippen molar-refractivity contribution in [3.63, 3.8) is 0 Å². The number of fused-ring (bicyclic) bond motifs is 1. The van der Waals surface area contributed by atoms with Crippen molar-refractivity contribution in [2.75, 3.05) is 26.2 Å². The van der Waals surface area contributed by atoms with Gasteiger partial charge in [-0.25, -0.2) is 0 Å². The predicted octanol–water partition coefficient (Wildman–Crippen LogP) is 2.14. The zero-order valence-electron chi connectivity index (χ0n) is 21.1. The fourth-order valence-electron chi connectivity index (χ4n) is 5.92. The van der Waals surface area contributed by atoms with Gasteiger partial charge in [-0.2, -0.15) is 0 Å². The highest BCUT2D eigenvalue weighted by molar-refractivity contribution is 6.05. The Bertz CT molecular complexity index is 1300. The van der Waals surface area contributed by atoms with Crippen LogP contribution in [0.2, 0.25) is 0 Å². The monoisotopic (exact) mass is 510 g/mol. The highest BCUT2D eigenvalue weighted by Crippen LogP contribution is 2.32. The summed E-state index contributed by atoms with van der Waals surface area (Å²) < 4.78 is 0. The van der Waals surface area contributed by atoms with Gasteiger partial charge in [0.05, 0.1) is 6.04 Å². The number of amides is 3. The predicted molar refractivity (Wildman–Crippen MR) is 140 cm³/mol. The fourth-order valence-corrected chi connectivity index (χ4v) is 5.92. The van der Waals surface area contributed by atoms with Crippen LogP contribution in [0.15, 0.2) is 67.3 Å². The highest BCUT2D eigenvalue weighted by Gasteiger charge is 2.40. The second-order valence-corrected chi connectivity index (χ2v) is 10.1. The first-order chi connectivity index (χ1) is 18.6. The van der Waals surface area contributed by atoms with E-state index < -0.39 is 6.04 Å². The number of aromatic nitrogens is 2. The number of imide groups is 1. The van der Waals surface area contributed by atoms with Crippen molar-refractivity contribution in [2.24, 2.45) is 0 Å². The lowest BCUT2D eigenvalue weighted by Gasteiger charge is -2.40. The van der Waals surface area contributed by atoms with E-state index in [4.69, 9.17) is 0 Å². The third-order valence-corrected chi connectivity index (χ3v) is 7.89. The SMILES string of the molecule is O=C1CCC(N2Cc3c(CN4CCN(C(c5ccncc5)c5ccncc5)CC4)cccc3C2=O)C(=O)N1. The number of carbonyl (C=O) groups is 3. The van der Waals surface area contributed by atoms with Crippen LogP contribution in [0.3, 0.4) is 0 Å². The van der Waals surface area contributed by atoms with Crippen molar-refractivity contribution in [1.29, 1.82) is 0 Å². The van der Waals surface area contributed by atoms with Crippen LogP contribution in [-0.2, 0) is 22.7 Å². The summed E-state index contributed by atoms with van der Waals surface area (Å²) in [6.45, 7) is 4.78. The van der Waals surface area contributed by atoms with Gasteiger partial charge in [-0.3, -0.25) is 39.5 Å². The quantitative estimate of drug-likeness (QED) is 0.508. The molecule has 2 fully saturated rings. The maximum atomic E-state index is 13.2. The first-order valence-corrected chi connectivity index (χ1v) is 13.1. The van der Waals surface area contributed by atoms with Gasteiger partial charge in [0.15, 0.2) is 0 Å². The molecular weight excluding hydrogens is 480 g/mol. The van der Waals surface area contributed by atoms with Gasteiger partial charge in [0.25, 0.3) is 5.91 Å². The van der Waals surface area contributed by atoms with Gasteiger partial charge in [0.1, 0.15) is 6.04 Å². The summed E-state index contributed by atoms with van der Waals surface area (Å²) in [6.07, 6.45) is 8.00. The van der Waals surface area contributed by atoms with Crippen LogP contribution in [0.4, 0.5) is 0 Å². The largest absolute Gasteiger partial charge is 0.322 e. The minimum Gasteiger partial charge on any atom is -0.322 e. The highest BCUT2D eigenvalue weighted by atomic mass is 16.2. The van der Waals surface area contributed by atoms with Crippen LogP contribution in [0, 0.1) is 0 Å². The second kappa shape index (κ2) is 10.4. The molecule has 194 valence electrons. The molecule has 1 N–H and O–H groups in total. The Kier molecular flexibility index (Phi) is 6.70. The van der Waals surface area contributed by atoms with Crippen molar-refractivity contribution in [3.05, 3.63) is 95.1 Å². The molecule has 1 atom stereocenters. The molecule has 3 aliphatic heterocycles. The summed E-state index contributed by atoms with van der Waals surface area (Å²) in [6, 6.07) is 13.7. The Morgan fingerprint density at radius 1 is 0.868 bits per heavy atom. The Hall–Kier alpha value is -3.95. The van der Waals surface area contributed by atoms with E-state index in [1.165, 1.54) is 11.1 Å². The van der Waals surface area contributed by atoms with Gasteiger partial charge >= 0.3 is 0 Å². The Morgan fingerprint density at radius 2 is 1.53 bits per heavy atom. The summed E-state index contributed by atoms with van der Waals surface area (Å²) in [7, 11) is 0. The molecule has 1 aromatic carbocycles. The average Bonchev–Trinajstić information content (AvgIpc) is 3.28. The molecule has 6 rings (SSSR count). The zero-order chi connectivity index (χ0) is 26.1. The van der Waals surface area contributed by atoms with E-state index in [0.29, 0.717) is 18.5 Å². The summed E-state index contributed by atoms with van der Waals surface area (Å²) in [4.78, 5) is 52.2. The molecular formula is C29H30N6O3. The smallest absolute Gasteiger partial charge is 0.255 e. The van der Waals surface area contributed by atoms with Crippen LogP contribution in [0.25, 0.3) is 0 Å². The average molecular weight is 511 g/mol. The van der Waals surface area contributed by atoms with Gasteiger partial charge in [0, 0.05) is 76.0 Å². The number of pyridine rings is 2. The maximum Gasteiger partial charge on any atom is 0.255 e. The molecule has 0 spiro atoms.